The fourth-order valence-electron chi connectivity index (χ4n) is 7.67. The molecule has 9 rings (SSSR count). The van der Waals surface area contributed by atoms with Crippen molar-refractivity contribution in [1.29, 1.82) is 0 Å². The van der Waals surface area contributed by atoms with Crippen LogP contribution in [0.4, 0.5) is 17.1 Å². The first kappa shape index (κ1) is 27.2. The molecule has 0 radical (unpaired) electrons. The van der Waals surface area contributed by atoms with Crippen molar-refractivity contribution in [2.45, 2.75) is 19.3 Å². The molecule has 46 heavy (non-hydrogen) atoms. The molecule has 0 aliphatic heterocycles. The van der Waals surface area contributed by atoms with Gasteiger partial charge in [0.05, 0.1) is 16.7 Å². The van der Waals surface area contributed by atoms with Gasteiger partial charge in [0.1, 0.15) is 0 Å². The fourth-order valence-corrected chi connectivity index (χ4v) is 8.24. The molecule has 1 aromatic heterocycles. The Kier molecular flexibility index (Phi) is 6.03. The molecule has 2 nitrogen and oxygen atoms in total. The van der Waals surface area contributed by atoms with E-state index in [0.29, 0.717) is 0 Å². The first-order valence-corrected chi connectivity index (χ1v) is 16.6. The van der Waals surface area contributed by atoms with E-state index in [2.05, 4.69) is 191 Å². The van der Waals surface area contributed by atoms with Crippen LogP contribution in [0.5, 0.6) is 0 Å². The quantitative estimate of drug-likeness (QED) is 0.183. The molecule has 1 heterocycles. The van der Waals surface area contributed by atoms with Crippen molar-refractivity contribution in [1.82, 2.24) is 4.57 Å². The maximum Gasteiger partial charge on any atom is 0.0552 e. The van der Waals surface area contributed by atoms with Crippen molar-refractivity contribution in [3.63, 3.8) is 0 Å². The molecule has 8 aromatic rings. The summed E-state index contributed by atoms with van der Waals surface area (Å²) in [6, 6.07) is 55.3. The van der Waals surface area contributed by atoms with E-state index < -0.39 is 0 Å². The Morgan fingerprint density at radius 3 is 2.07 bits per heavy atom. The highest BCUT2D eigenvalue weighted by atomic mass is 79.9. The molecule has 0 spiro atoms. The normalized spacial score (nSPS) is 13.3. The van der Waals surface area contributed by atoms with Crippen LogP contribution in [0.2, 0.25) is 0 Å². The van der Waals surface area contributed by atoms with Gasteiger partial charge in [-0.3, -0.25) is 0 Å². The highest BCUT2D eigenvalue weighted by molar-refractivity contribution is 9.10. The van der Waals surface area contributed by atoms with Crippen LogP contribution < -0.4 is 4.90 Å². The van der Waals surface area contributed by atoms with Crippen molar-refractivity contribution in [3.05, 3.63) is 167 Å². The Bertz CT molecular complexity index is 2460. The molecular formula is C43H31BrN2. The fraction of sp³-hybridized carbons (Fsp3) is 0.0698. The number of benzene rings is 7. The predicted octanol–water partition coefficient (Wildman–Crippen LogP) is 12.5. The lowest BCUT2D eigenvalue weighted by Crippen LogP contribution is -2.16. The summed E-state index contributed by atoms with van der Waals surface area (Å²) < 4.78 is 3.48. The second-order valence-electron chi connectivity index (χ2n) is 12.7. The zero-order valence-electron chi connectivity index (χ0n) is 25.7. The Morgan fingerprint density at radius 1 is 0.543 bits per heavy atom. The third-order valence-electron chi connectivity index (χ3n) is 9.85. The van der Waals surface area contributed by atoms with Gasteiger partial charge in [0, 0.05) is 43.1 Å². The van der Waals surface area contributed by atoms with Gasteiger partial charge < -0.3 is 9.47 Å². The zero-order valence-corrected chi connectivity index (χ0v) is 27.3. The van der Waals surface area contributed by atoms with E-state index in [4.69, 9.17) is 0 Å². The first-order chi connectivity index (χ1) is 22.5. The largest absolute Gasteiger partial charge is 0.310 e. The molecule has 3 heteroatoms. The van der Waals surface area contributed by atoms with Gasteiger partial charge in [-0.25, -0.2) is 0 Å². The van der Waals surface area contributed by atoms with Gasteiger partial charge in [0.15, 0.2) is 0 Å². The van der Waals surface area contributed by atoms with Crippen molar-refractivity contribution in [3.8, 4) is 16.8 Å². The summed E-state index contributed by atoms with van der Waals surface area (Å²) in [4.78, 5) is 2.42. The lowest BCUT2D eigenvalue weighted by molar-refractivity contribution is 0.660. The second kappa shape index (κ2) is 10.2. The third-order valence-corrected chi connectivity index (χ3v) is 10.5. The smallest absolute Gasteiger partial charge is 0.0552 e. The molecule has 1 aliphatic carbocycles. The molecule has 1 aliphatic rings. The summed E-state index contributed by atoms with van der Waals surface area (Å²) in [7, 11) is 0. The molecule has 0 saturated heterocycles. The Hall–Kier alpha value is -5.12. The van der Waals surface area contributed by atoms with Gasteiger partial charge >= 0.3 is 0 Å². The highest BCUT2D eigenvalue weighted by Crippen LogP contribution is 2.51. The number of aromatic nitrogens is 1. The molecular weight excluding hydrogens is 624 g/mol. The van der Waals surface area contributed by atoms with E-state index in [9.17, 15) is 0 Å². The minimum atomic E-state index is -0.0823. The minimum Gasteiger partial charge on any atom is -0.310 e. The lowest BCUT2D eigenvalue weighted by atomic mass is 9.82. The number of para-hydroxylation sites is 1. The van der Waals surface area contributed by atoms with Crippen LogP contribution in [0.1, 0.15) is 25.0 Å². The highest BCUT2D eigenvalue weighted by Gasteiger charge is 2.35. The summed E-state index contributed by atoms with van der Waals surface area (Å²) in [5, 5.41) is 4.94. The minimum absolute atomic E-state index is 0.0823. The average Bonchev–Trinajstić information content (AvgIpc) is 3.55. The number of rotatable bonds is 4. The molecule has 220 valence electrons. The molecule has 0 atom stereocenters. The summed E-state index contributed by atoms with van der Waals surface area (Å²) in [5.41, 5.74) is 12.3. The van der Waals surface area contributed by atoms with E-state index in [-0.39, 0.29) is 5.41 Å². The third kappa shape index (κ3) is 3.95. The number of hydrogen-bond acceptors (Lipinski definition) is 1. The molecule has 0 saturated carbocycles. The van der Waals surface area contributed by atoms with Crippen LogP contribution in [-0.4, -0.2) is 4.57 Å². The van der Waals surface area contributed by atoms with Crippen LogP contribution in [-0.2, 0) is 5.41 Å². The number of fused-ring (bicyclic) bond motifs is 7. The zero-order chi connectivity index (χ0) is 31.0. The topological polar surface area (TPSA) is 8.17 Å². The summed E-state index contributed by atoms with van der Waals surface area (Å²) >= 11 is 3.82. The maximum absolute atomic E-state index is 3.82. The predicted molar refractivity (Wildman–Crippen MR) is 198 cm³/mol. The standard InChI is InChI=1S/C43H31BrN2/c1-43(2)36-16-7-5-14-33(36)34-26-25-31(27-37(34)43)45(39-19-9-12-28-11-3-4-13-32(28)39)29-21-23-30(24-22-29)46-40-18-8-6-15-35(40)42-38(44)17-10-20-41(42)46/h3-27H,1-2H3. The summed E-state index contributed by atoms with van der Waals surface area (Å²) in [6.45, 7) is 4.70. The Morgan fingerprint density at radius 2 is 1.20 bits per heavy atom. The van der Waals surface area contributed by atoms with Gasteiger partial charge in [0.2, 0.25) is 0 Å². The van der Waals surface area contributed by atoms with Crippen LogP contribution in [0, 0.1) is 0 Å². The lowest BCUT2D eigenvalue weighted by Gasteiger charge is -2.29. The van der Waals surface area contributed by atoms with E-state index in [1.807, 2.05) is 0 Å². The Balaban J connectivity index is 1.24. The van der Waals surface area contributed by atoms with Crippen LogP contribution in [0.25, 0.3) is 49.4 Å². The second-order valence-corrected chi connectivity index (χ2v) is 13.6. The SMILES string of the molecule is CC1(C)c2ccccc2-c2ccc(N(c3ccc(-n4c5ccccc5c5c(Br)cccc54)cc3)c3cccc4ccccc34)cc21. The van der Waals surface area contributed by atoms with E-state index >= 15 is 0 Å². The van der Waals surface area contributed by atoms with Crippen molar-refractivity contribution in [2.24, 2.45) is 0 Å². The molecule has 0 unspecified atom stereocenters. The van der Waals surface area contributed by atoms with E-state index in [0.717, 1.165) is 21.5 Å². The van der Waals surface area contributed by atoms with Gasteiger partial charge in [0.25, 0.3) is 0 Å². The molecule has 7 aromatic carbocycles. The molecule has 0 bridgehead atoms. The first-order valence-electron chi connectivity index (χ1n) is 15.8. The summed E-state index contributed by atoms with van der Waals surface area (Å²) in [6.07, 6.45) is 0. The van der Waals surface area contributed by atoms with Crippen LogP contribution in [0.3, 0.4) is 0 Å². The van der Waals surface area contributed by atoms with Crippen molar-refractivity contribution < 1.29 is 0 Å². The van der Waals surface area contributed by atoms with Gasteiger partial charge in [-0.15, -0.1) is 0 Å². The summed E-state index contributed by atoms with van der Waals surface area (Å²) in [5.74, 6) is 0. The number of nitrogens with zero attached hydrogens (tertiary/aromatic N) is 2. The molecule has 0 fully saturated rings. The number of halogens is 1. The number of hydrogen-bond donors (Lipinski definition) is 0. The molecule has 0 amide bonds. The Labute approximate surface area is 277 Å². The maximum atomic E-state index is 3.82. The monoisotopic (exact) mass is 654 g/mol. The van der Waals surface area contributed by atoms with Gasteiger partial charge in [-0.05, 0) is 88.3 Å². The van der Waals surface area contributed by atoms with Gasteiger partial charge in [-0.1, -0.05) is 121 Å². The van der Waals surface area contributed by atoms with E-state index in [1.165, 1.54) is 60.5 Å². The van der Waals surface area contributed by atoms with Crippen molar-refractivity contribution >= 4 is 65.6 Å². The van der Waals surface area contributed by atoms with E-state index in [1.54, 1.807) is 0 Å². The van der Waals surface area contributed by atoms with Gasteiger partial charge in [-0.2, -0.15) is 0 Å². The number of anilines is 3. The average molecular weight is 656 g/mol. The van der Waals surface area contributed by atoms with Crippen LogP contribution >= 0.6 is 15.9 Å². The molecule has 0 N–H and O–H groups in total. The van der Waals surface area contributed by atoms with Crippen LogP contribution in [0.15, 0.2) is 156 Å². The van der Waals surface area contributed by atoms with Crippen molar-refractivity contribution in [2.75, 3.05) is 4.90 Å².